The van der Waals surface area contributed by atoms with Crippen molar-refractivity contribution >= 4 is 27.3 Å². The summed E-state index contributed by atoms with van der Waals surface area (Å²) in [6, 6.07) is 2.31. The van der Waals surface area contributed by atoms with Crippen molar-refractivity contribution in [1.29, 1.82) is 0 Å². The Labute approximate surface area is 91.7 Å². The molecule has 0 spiro atoms. The summed E-state index contributed by atoms with van der Waals surface area (Å²) in [6.45, 7) is 4.55. The molecule has 0 aromatic carbocycles. The van der Waals surface area contributed by atoms with Crippen molar-refractivity contribution in [2.24, 2.45) is 0 Å². The van der Waals surface area contributed by atoms with E-state index < -0.39 is 0 Å². The highest BCUT2D eigenvalue weighted by Crippen LogP contribution is 2.34. The lowest BCUT2D eigenvalue weighted by Gasteiger charge is -2.11. The van der Waals surface area contributed by atoms with E-state index >= 15 is 0 Å². The van der Waals surface area contributed by atoms with Gasteiger partial charge in [0.25, 0.3) is 0 Å². The van der Waals surface area contributed by atoms with Crippen molar-refractivity contribution in [3.05, 3.63) is 20.3 Å². The largest absolute Gasteiger partial charge is 0.316 e. The first-order valence-corrected chi connectivity index (χ1v) is 6.41. The summed E-state index contributed by atoms with van der Waals surface area (Å²) in [5, 5.41) is 3.49. The van der Waals surface area contributed by atoms with Crippen LogP contribution in [0.3, 0.4) is 0 Å². The van der Waals surface area contributed by atoms with E-state index in [1.807, 2.05) is 11.3 Å². The molecule has 1 aromatic heterocycles. The fourth-order valence-corrected chi connectivity index (χ4v) is 3.70. The highest BCUT2D eigenvalue weighted by Gasteiger charge is 2.18. The number of hydrogen-bond acceptors (Lipinski definition) is 2. The Kier molecular flexibility index (Phi) is 3.06. The van der Waals surface area contributed by atoms with Crippen LogP contribution < -0.4 is 5.32 Å². The van der Waals surface area contributed by atoms with Gasteiger partial charge in [-0.2, -0.15) is 0 Å². The minimum atomic E-state index is 0.722. The fraction of sp³-hybridized carbons (Fsp3) is 0.600. The maximum absolute atomic E-state index is 3.57. The van der Waals surface area contributed by atoms with Crippen LogP contribution in [0.15, 0.2) is 9.85 Å². The molecule has 0 fully saturated rings. The Bertz CT molecular complexity index is 295. The summed E-state index contributed by atoms with van der Waals surface area (Å²) in [5.41, 5.74) is 1.57. The van der Waals surface area contributed by atoms with Crippen LogP contribution in [0.1, 0.15) is 29.7 Å². The number of nitrogens with one attached hydrogen (secondary N) is 1. The topological polar surface area (TPSA) is 12.0 Å². The summed E-state index contributed by atoms with van der Waals surface area (Å²) < 4.78 is 1.29. The Morgan fingerprint density at radius 3 is 3.31 bits per heavy atom. The predicted molar refractivity (Wildman–Crippen MR) is 61.6 cm³/mol. The smallest absolute Gasteiger partial charge is 0.0704 e. The predicted octanol–water partition coefficient (Wildman–Crippen LogP) is 3.15. The van der Waals surface area contributed by atoms with Crippen LogP contribution in [0.4, 0.5) is 0 Å². The van der Waals surface area contributed by atoms with Gasteiger partial charge in [-0.05, 0) is 52.9 Å². The molecule has 0 bridgehead atoms. The van der Waals surface area contributed by atoms with Crippen LogP contribution in [0.2, 0.25) is 0 Å². The van der Waals surface area contributed by atoms with Crippen molar-refractivity contribution in [1.82, 2.24) is 5.32 Å². The Morgan fingerprint density at radius 1 is 1.69 bits per heavy atom. The molecule has 0 unspecified atom stereocenters. The van der Waals surface area contributed by atoms with Gasteiger partial charge in [0.2, 0.25) is 0 Å². The molecule has 0 aliphatic carbocycles. The lowest BCUT2D eigenvalue weighted by molar-refractivity contribution is 0.594. The summed E-state index contributed by atoms with van der Waals surface area (Å²) in [7, 11) is 0. The zero-order chi connectivity index (χ0) is 9.26. The van der Waals surface area contributed by atoms with Gasteiger partial charge in [0, 0.05) is 11.4 Å². The number of fused-ring (bicyclic) bond motifs is 1. The lowest BCUT2D eigenvalue weighted by atomic mass is 9.98. The summed E-state index contributed by atoms with van der Waals surface area (Å²) in [5.74, 6) is 0.722. The third kappa shape index (κ3) is 1.97. The minimum Gasteiger partial charge on any atom is -0.316 e. The summed E-state index contributed by atoms with van der Waals surface area (Å²) in [6.07, 6.45) is 2.44. The van der Waals surface area contributed by atoms with E-state index in [1.165, 1.54) is 16.6 Å². The molecule has 2 heterocycles. The van der Waals surface area contributed by atoms with E-state index in [9.17, 15) is 0 Å². The minimum absolute atomic E-state index is 0.722. The van der Waals surface area contributed by atoms with Crippen LogP contribution in [-0.2, 0) is 6.42 Å². The molecule has 72 valence electrons. The molecule has 1 atom stereocenters. The standard InChI is InChI=1S/C10H14BrNS/c1-2-7-6-12-4-3-9-8(7)5-10(11)13-9/h5,7,12H,2-4,6H2,1H3/t7-/m1/s1. The maximum Gasteiger partial charge on any atom is 0.0704 e. The van der Waals surface area contributed by atoms with Gasteiger partial charge in [-0.3, -0.25) is 0 Å². The van der Waals surface area contributed by atoms with E-state index in [-0.39, 0.29) is 0 Å². The van der Waals surface area contributed by atoms with Gasteiger partial charge in [-0.15, -0.1) is 11.3 Å². The number of thiophene rings is 1. The van der Waals surface area contributed by atoms with Gasteiger partial charge in [0.1, 0.15) is 0 Å². The molecule has 0 saturated carbocycles. The zero-order valence-corrected chi connectivity index (χ0v) is 10.2. The van der Waals surface area contributed by atoms with E-state index in [2.05, 4.69) is 34.2 Å². The second kappa shape index (κ2) is 4.11. The zero-order valence-electron chi connectivity index (χ0n) is 7.77. The van der Waals surface area contributed by atoms with Crippen LogP contribution in [0, 0.1) is 0 Å². The molecule has 3 heteroatoms. The highest BCUT2D eigenvalue weighted by molar-refractivity contribution is 9.11. The van der Waals surface area contributed by atoms with Crippen molar-refractivity contribution in [3.63, 3.8) is 0 Å². The van der Waals surface area contributed by atoms with Crippen LogP contribution in [0.5, 0.6) is 0 Å². The van der Waals surface area contributed by atoms with Gasteiger partial charge in [0.15, 0.2) is 0 Å². The first kappa shape index (κ1) is 9.69. The Morgan fingerprint density at radius 2 is 2.54 bits per heavy atom. The molecule has 0 saturated heterocycles. The second-order valence-corrected chi connectivity index (χ2v) is 6.00. The molecule has 1 N–H and O–H groups in total. The summed E-state index contributed by atoms with van der Waals surface area (Å²) in [4.78, 5) is 1.57. The number of hydrogen-bond donors (Lipinski definition) is 1. The number of rotatable bonds is 1. The van der Waals surface area contributed by atoms with Gasteiger partial charge >= 0.3 is 0 Å². The van der Waals surface area contributed by atoms with Gasteiger partial charge in [0.05, 0.1) is 3.79 Å². The van der Waals surface area contributed by atoms with Crippen LogP contribution in [-0.4, -0.2) is 13.1 Å². The Balaban J connectivity index is 2.34. The third-order valence-corrected chi connectivity index (χ3v) is 4.38. The van der Waals surface area contributed by atoms with Gasteiger partial charge in [-0.25, -0.2) is 0 Å². The third-order valence-electron chi connectivity index (χ3n) is 2.66. The maximum atomic E-state index is 3.57. The molecular weight excluding hydrogens is 246 g/mol. The van der Waals surface area contributed by atoms with Crippen molar-refractivity contribution in [2.45, 2.75) is 25.7 Å². The van der Waals surface area contributed by atoms with Gasteiger partial charge < -0.3 is 5.32 Å². The molecule has 1 aromatic rings. The lowest BCUT2D eigenvalue weighted by Crippen LogP contribution is -2.19. The first-order chi connectivity index (χ1) is 6.31. The molecule has 1 aliphatic heterocycles. The quantitative estimate of drug-likeness (QED) is 0.818. The molecule has 0 amide bonds. The molecule has 2 rings (SSSR count). The van der Waals surface area contributed by atoms with Crippen LogP contribution in [0.25, 0.3) is 0 Å². The fourth-order valence-electron chi connectivity index (χ4n) is 1.90. The second-order valence-electron chi connectivity index (χ2n) is 3.49. The molecule has 13 heavy (non-hydrogen) atoms. The van der Waals surface area contributed by atoms with Crippen molar-refractivity contribution in [2.75, 3.05) is 13.1 Å². The summed E-state index contributed by atoms with van der Waals surface area (Å²) >= 11 is 5.47. The normalized spacial score (nSPS) is 22.5. The average molecular weight is 260 g/mol. The van der Waals surface area contributed by atoms with E-state index in [0.29, 0.717) is 0 Å². The molecule has 0 radical (unpaired) electrons. The van der Waals surface area contributed by atoms with E-state index in [1.54, 1.807) is 10.4 Å². The van der Waals surface area contributed by atoms with Gasteiger partial charge in [-0.1, -0.05) is 6.92 Å². The Hall–Kier alpha value is 0.140. The van der Waals surface area contributed by atoms with Crippen molar-refractivity contribution in [3.8, 4) is 0 Å². The van der Waals surface area contributed by atoms with E-state index in [4.69, 9.17) is 0 Å². The van der Waals surface area contributed by atoms with Crippen molar-refractivity contribution < 1.29 is 0 Å². The molecule has 1 aliphatic rings. The van der Waals surface area contributed by atoms with E-state index in [0.717, 1.165) is 19.0 Å². The molecule has 1 nitrogen and oxygen atoms in total. The SMILES string of the molecule is CC[C@@H]1CNCCc2sc(Br)cc21. The first-order valence-electron chi connectivity index (χ1n) is 4.80. The average Bonchev–Trinajstić information content (AvgIpc) is 2.37. The van der Waals surface area contributed by atoms with Crippen LogP contribution >= 0.6 is 27.3 Å². The number of halogens is 1. The highest BCUT2D eigenvalue weighted by atomic mass is 79.9. The molecular formula is C10H14BrNS. The monoisotopic (exact) mass is 259 g/mol.